The summed E-state index contributed by atoms with van der Waals surface area (Å²) >= 11 is 6.22. The number of anilines is 1. The van der Waals surface area contributed by atoms with Crippen LogP contribution in [0.4, 0.5) is 5.95 Å². The van der Waals surface area contributed by atoms with Crippen LogP contribution < -0.4 is 15.6 Å². The maximum Gasteiger partial charge on any atom is 0.356 e. The summed E-state index contributed by atoms with van der Waals surface area (Å²) in [6, 6.07) is 15.7. The van der Waals surface area contributed by atoms with Gasteiger partial charge in [-0.15, -0.1) is 0 Å². The highest BCUT2D eigenvalue weighted by atomic mass is 35.5. The van der Waals surface area contributed by atoms with E-state index in [1.165, 1.54) is 0 Å². The number of hydrogen-bond donors (Lipinski definition) is 3. The van der Waals surface area contributed by atoms with Gasteiger partial charge in [0.1, 0.15) is 5.54 Å². The first-order chi connectivity index (χ1) is 12.9. The third-order valence-electron chi connectivity index (χ3n) is 4.29. The van der Waals surface area contributed by atoms with Gasteiger partial charge in [0.05, 0.1) is 16.9 Å². The molecule has 0 radical (unpaired) electrons. The van der Waals surface area contributed by atoms with Gasteiger partial charge in [-0.05, 0) is 45.0 Å². The van der Waals surface area contributed by atoms with E-state index in [-0.39, 0.29) is 5.54 Å². The molecule has 5 nitrogen and oxygen atoms in total. The summed E-state index contributed by atoms with van der Waals surface area (Å²) in [5.41, 5.74) is 3.59. The van der Waals surface area contributed by atoms with Gasteiger partial charge < -0.3 is 0 Å². The Morgan fingerprint density at radius 1 is 1.07 bits per heavy atom. The lowest BCUT2D eigenvalue weighted by Crippen LogP contribution is -2.89. The third kappa shape index (κ3) is 3.78. The molecule has 0 fully saturated rings. The van der Waals surface area contributed by atoms with Crippen LogP contribution >= 0.6 is 11.6 Å². The minimum Gasteiger partial charge on any atom is -0.269 e. The first-order valence-electron chi connectivity index (χ1n) is 8.81. The zero-order valence-electron chi connectivity index (χ0n) is 15.5. The van der Waals surface area contributed by atoms with Crippen molar-refractivity contribution in [1.82, 2.24) is 15.3 Å². The van der Waals surface area contributed by atoms with Gasteiger partial charge in [-0.1, -0.05) is 41.9 Å². The zero-order chi connectivity index (χ0) is 19.0. The number of rotatable bonds is 2. The summed E-state index contributed by atoms with van der Waals surface area (Å²) in [6.07, 6.45) is 2.14. The van der Waals surface area contributed by atoms with E-state index in [4.69, 9.17) is 16.6 Å². The normalized spacial score (nSPS) is 15.7. The molecule has 4 rings (SSSR count). The Bertz CT molecular complexity index is 1070. The second-order valence-corrected chi connectivity index (χ2v) is 7.66. The minimum absolute atomic E-state index is 0.162. The van der Waals surface area contributed by atoms with Crippen molar-refractivity contribution >= 4 is 34.4 Å². The van der Waals surface area contributed by atoms with E-state index in [9.17, 15) is 0 Å². The van der Waals surface area contributed by atoms with Crippen molar-refractivity contribution in [3.05, 3.63) is 65.3 Å². The van der Waals surface area contributed by atoms with Crippen LogP contribution in [0, 0.1) is 0 Å². The summed E-state index contributed by atoms with van der Waals surface area (Å²) < 4.78 is 0. The first kappa shape index (κ1) is 17.5. The van der Waals surface area contributed by atoms with Crippen LogP contribution in [0.2, 0.25) is 5.02 Å². The van der Waals surface area contributed by atoms with Gasteiger partial charge >= 0.3 is 5.96 Å². The quantitative estimate of drug-likeness (QED) is 0.641. The molecule has 3 aromatic rings. The molecule has 2 heterocycles. The Morgan fingerprint density at radius 3 is 2.59 bits per heavy atom. The van der Waals surface area contributed by atoms with Gasteiger partial charge in [0.25, 0.3) is 5.95 Å². The van der Waals surface area contributed by atoms with Crippen molar-refractivity contribution in [2.24, 2.45) is 0 Å². The highest BCUT2D eigenvalue weighted by molar-refractivity contribution is 6.31. The predicted molar refractivity (Wildman–Crippen MR) is 111 cm³/mol. The number of halogens is 1. The standard InChI is InChI=1S/C21H20ClN5/c1-13-12-21(2,3)27-20(23-13)26-19-24-17-10-9-15(22)11-16(17)18(25-19)14-7-5-4-6-8-14/h4-12H,1-3H3,(H2,23,24,25,26,27)/p+1. The molecule has 3 N–H and O–H groups in total. The van der Waals surface area contributed by atoms with Crippen molar-refractivity contribution in [1.29, 1.82) is 0 Å². The van der Waals surface area contributed by atoms with Gasteiger partial charge in [0.2, 0.25) is 0 Å². The highest BCUT2D eigenvalue weighted by Crippen LogP contribution is 2.29. The molecule has 0 atom stereocenters. The molecule has 0 unspecified atom stereocenters. The topological polar surface area (TPSA) is 63.8 Å². The fraction of sp³-hybridized carbons (Fsp3) is 0.190. The summed E-state index contributed by atoms with van der Waals surface area (Å²) in [6.45, 7) is 6.25. The van der Waals surface area contributed by atoms with Gasteiger partial charge in [-0.2, -0.15) is 9.97 Å². The Balaban J connectivity index is 1.81. The number of fused-ring (bicyclic) bond motifs is 1. The summed E-state index contributed by atoms with van der Waals surface area (Å²) in [5.74, 6) is 1.27. The molecular weight excluding hydrogens is 358 g/mol. The lowest BCUT2D eigenvalue weighted by molar-refractivity contribution is -0.531. The maximum atomic E-state index is 6.22. The average Bonchev–Trinajstić information content (AvgIpc) is 2.60. The summed E-state index contributed by atoms with van der Waals surface area (Å²) in [4.78, 5) is 12.9. The smallest absolute Gasteiger partial charge is 0.269 e. The van der Waals surface area contributed by atoms with Crippen molar-refractivity contribution in [3.8, 4) is 11.3 Å². The summed E-state index contributed by atoms with van der Waals surface area (Å²) in [7, 11) is 0. The number of guanidine groups is 1. The number of hydrogen-bond acceptors (Lipinski definition) is 4. The van der Waals surface area contributed by atoms with E-state index < -0.39 is 0 Å². The predicted octanol–water partition coefficient (Wildman–Crippen LogP) is 3.08. The van der Waals surface area contributed by atoms with E-state index >= 15 is 0 Å². The molecule has 0 bridgehead atoms. The molecule has 1 aromatic heterocycles. The van der Waals surface area contributed by atoms with Crippen LogP contribution in [0.1, 0.15) is 20.8 Å². The van der Waals surface area contributed by atoms with E-state index in [0.717, 1.165) is 33.8 Å². The molecule has 0 saturated heterocycles. The molecule has 2 aromatic carbocycles. The Labute approximate surface area is 163 Å². The molecule has 6 heteroatoms. The van der Waals surface area contributed by atoms with Gasteiger partial charge in [-0.3, -0.25) is 4.99 Å². The van der Waals surface area contributed by atoms with E-state index in [0.29, 0.717) is 11.0 Å². The monoisotopic (exact) mass is 378 g/mol. The van der Waals surface area contributed by atoms with Crippen molar-refractivity contribution in [3.63, 3.8) is 0 Å². The molecule has 0 amide bonds. The maximum absolute atomic E-state index is 6.22. The Morgan fingerprint density at radius 2 is 1.85 bits per heavy atom. The summed E-state index contributed by atoms with van der Waals surface area (Å²) in [5, 5.41) is 8.16. The molecule has 0 aliphatic carbocycles. The molecule has 27 heavy (non-hydrogen) atoms. The Kier molecular flexibility index (Phi) is 4.32. The van der Waals surface area contributed by atoms with Crippen molar-refractivity contribution in [2.45, 2.75) is 26.3 Å². The van der Waals surface area contributed by atoms with Crippen LogP contribution in [0.5, 0.6) is 0 Å². The van der Waals surface area contributed by atoms with Crippen molar-refractivity contribution < 1.29 is 4.99 Å². The van der Waals surface area contributed by atoms with Crippen LogP contribution in [0.3, 0.4) is 0 Å². The number of nitrogens with one attached hydrogen (secondary N) is 3. The lowest BCUT2D eigenvalue weighted by Gasteiger charge is -2.21. The highest BCUT2D eigenvalue weighted by Gasteiger charge is 2.25. The largest absolute Gasteiger partial charge is 0.356 e. The molecule has 0 spiro atoms. The van der Waals surface area contributed by atoms with Crippen LogP contribution in [-0.2, 0) is 0 Å². The number of aromatic nitrogens is 2. The van der Waals surface area contributed by atoms with Gasteiger partial charge in [-0.25, -0.2) is 10.6 Å². The van der Waals surface area contributed by atoms with E-state index in [2.05, 4.69) is 40.5 Å². The second-order valence-electron chi connectivity index (χ2n) is 7.22. The van der Waals surface area contributed by atoms with E-state index in [1.807, 2.05) is 55.5 Å². The molecule has 136 valence electrons. The molecule has 0 saturated carbocycles. The molecular formula is C21H21ClN5+. The fourth-order valence-corrected chi connectivity index (χ4v) is 3.48. The third-order valence-corrected chi connectivity index (χ3v) is 4.52. The number of allylic oxidation sites excluding steroid dienone is 1. The number of nitrogens with zero attached hydrogens (tertiary/aromatic N) is 2. The van der Waals surface area contributed by atoms with Gasteiger partial charge in [0.15, 0.2) is 0 Å². The minimum atomic E-state index is -0.162. The molecule has 1 aliphatic rings. The number of benzene rings is 2. The second kappa shape index (κ2) is 6.67. The first-order valence-corrected chi connectivity index (χ1v) is 9.19. The fourth-order valence-electron chi connectivity index (χ4n) is 3.31. The average molecular weight is 379 g/mol. The van der Waals surface area contributed by atoms with Crippen LogP contribution in [-0.4, -0.2) is 21.5 Å². The van der Waals surface area contributed by atoms with Gasteiger partial charge in [0, 0.05) is 16.0 Å². The van der Waals surface area contributed by atoms with Crippen LogP contribution in [0.15, 0.2) is 60.3 Å². The molecule has 1 aliphatic heterocycles. The van der Waals surface area contributed by atoms with Crippen molar-refractivity contribution in [2.75, 3.05) is 5.32 Å². The van der Waals surface area contributed by atoms with E-state index in [1.54, 1.807) is 0 Å². The Hall–Kier alpha value is -2.92. The SMILES string of the molecule is CC1=CC(C)(C)[NH+]=C(Nc2nc(-c3ccccc3)c3cc(Cl)ccc3n2)N1. The zero-order valence-corrected chi connectivity index (χ0v) is 16.2. The van der Waals surface area contributed by atoms with Crippen LogP contribution in [0.25, 0.3) is 22.2 Å². The lowest BCUT2D eigenvalue weighted by atomic mass is 10.0.